The third-order valence-electron chi connectivity index (χ3n) is 4.69. The molecule has 1 saturated heterocycles. The van der Waals surface area contributed by atoms with Crippen LogP contribution in [0.4, 0.5) is 5.69 Å². The Kier molecular flexibility index (Phi) is 3.88. The first kappa shape index (κ1) is 13.7. The Labute approximate surface area is 122 Å². The quantitative estimate of drug-likeness (QED) is 0.913. The standard InChI is InChI=1S/C17H26N2O/c1-3-19-10-4-8-17(2,12-19)13-20-15-6-5-14-7-9-18-16(14)11-15/h5-6,11,18H,3-4,7-10,12-13H2,1-2H3. The molecule has 0 radical (unpaired) electrons. The number of benzene rings is 1. The Balaban J connectivity index is 1.61. The third kappa shape index (κ3) is 2.93. The summed E-state index contributed by atoms with van der Waals surface area (Å²) in [6.45, 7) is 10.0. The maximum atomic E-state index is 6.10. The van der Waals surface area contributed by atoms with Crippen molar-refractivity contribution in [1.82, 2.24) is 4.90 Å². The molecule has 0 saturated carbocycles. The van der Waals surface area contributed by atoms with Crippen molar-refractivity contribution in [1.29, 1.82) is 0 Å². The summed E-state index contributed by atoms with van der Waals surface area (Å²) in [5.74, 6) is 1.01. The van der Waals surface area contributed by atoms with Crippen LogP contribution >= 0.6 is 0 Å². The van der Waals surface area contributed by atoms with E-state index in [0.29, 0.717) is 5.41 Å². The highest BCUT2D eigenvalue weighted by Gasteiger charge is 2.31. The van der Waals surface area contributed by atoms with Crippen molar-refractivity contribution in [3.63, 3.8) is 0 Å². The number of nitrogens with one attached hydrogen (secondary N) is 1. The Morgan fingerprint density at radius 1 is 1.40 bits per heavy atom. The fourth-order valence-corrected chi connectivity index (χ4v) is 3.43. The zero-order chi connectivity index (χ0) is 14.0. The Bertz CT molecular complexity index is 474. The zero-order valence-corrected chi connectivity index (χ0v) is 12.7. The van der Waals surface area contributed by atoms with E-state index in [1.165, 1.54) is 30.6 Å². The molecule has 20 heavy (non-hydrogen) atoms. The molecule has 0 aliphatic carbocycles. The van der Waals surface area contributed by atoms with Gasteiger partial charge in [-0.25, -0.2) is 0 Å². The summed E-state index contributed by atoms with van der Waals surface area (Å²) in [5.41, 5.74) is 2.96. The summed E-state index contributed by atoms with van der Waals surface area (Å²) < 4.78 is 6.10. The number of hydrogen-bond donors (Lipinski definition) is 1. The molecular weight excluding hydrogens is 248 g/mol. The highest BCUT2D eigenvalue weighted by Crippen LogP contribution is 2.32. The molecule has 0 amide bonds. The van der Waals surface area contributed by atoms with Crippen molar-refractivity contribution in [2.75, 3.05) is 38.1 Å². The number of piperidine rings is 1. The Morgan fingerprint density at radius 3 is 3.15 bits per heavy atom. The van der Waals surface area contributed by atoms with Crippen LogP contribution in [0.15, 0.2) is 18.2 Å². The van der Waals surface area contributed by atoms with Gasteiger partial charge in [-0.2, -0.15) is 0 Å². The first-order valence-corrected chi connectivity index (χ1v) is 7.90. The lowest BCUT2D eigenvalue weighted by Crippen LogP contribution is -2.44. The fraction of sp³-hybridized carbons (Fsp3) is 0.647. The van der Waals surface area contributed by atoms with Crippen LogP contribution in [0, 0.1) is 5.41 Å². The minimum Gasteiger partial charge on any atom is -0.493 e. The van der Waals surface area contributed by atoms with E-state index in [1.54, 1.807) is 0 Å². The Morgan fingerprint density at radius 2 is 2.30 bits per heavy atom. The molecule has 1 aromatic carbocycles. The van der Waals surface area contributed by atoms with Crippen LogP contribution in [-0.4, -0.2) is 37.7 Å². The van der Waals surface area contributed by atoms with Crippen molar-refractivity contribution in [3.8, 4) is 5.75 Å². The van der Waals surface area contributed by atoms with E-state index in [-0.39, 0.29) is 0 Å². The molecule has 1 aromatic rings. The Hall–Kier alpha value is -1.22. The predicted molar refractivity (Wildman–Crippen MR) is 83.6 cm³/mol. The summed E-state index contributed by atoms with van der Waals surface area (Å²) in [5, 5.41) is 3.42. The number of likely N-dealkylation sites (tertiary alicyclic amines) is 1. The van der Waals surface area contributed by atoms with Crippen LogP contribution in [0.25, 0.3) is 0 Å². The maximum Gasteiger partial charge on any atom is 0.121 e. The predicted octanol–water partition coefficient (Wildman–Crippen LogP) is 3.16. The minimum atomic E-state index is 0.292. The van der Waals surface area contributed by atoms with E-state index in [2.05, 4.69) is 42.3 Å². The first-order chi connectivity index (χ1) is 9.68. The molecule has 3 heteroatoms. The summed E-state index contributed by atoms with van der Waals surface area (Å²) >= 11 is 0. The van der Waals surface area contributed by atoms with Crippen LogP contribution in [0.5, 0.6) is 5.75 Å². The fourth-order valence-electron chi connectivity index (χ4n) is 3.43. The van der Waals surface area contributed by atoms with E-state index < -0.39 is 0 Å². The molecule has 0 bridgehead atoms. The third-order valence-corrected chi connectivity index (χ3v) is 4.69. The number of anilines is 1. The van der Waals surface area contributed by atoms with Crippen molar-refractivity contribution >= 4 is 5.69 Å². The first-order valence-electron chi connectivity index (χ1n) is 7.90. The van der Waals surface area contributed by atoms with Crippen molar-refractivity contribution < 1.29 is 4.74 Å². The number of fused-ring (bicyclic) bond motifs is 1. The molecule has 110 valence electrons. The van der Waals surface area contributed by atoms with Gasteiger partial charge >= 0.3 is 0 Å². The van der Waals surface area contributed by atoms with Crippen LogP contribution in [0.2, 0.25) is 0 Å². The van der Waals surface area contributed by atoms with Gasteiger partial charge in [0.1, 0.15) is 5.75 Å². The molecule has 3 rings (SSSR count). The van der Waals surface area contributed by atoms with E-state index in [1.807, 2.05) is 0 Å². The number of hydrogen-bond acceptors (Lipinski definition) is 3. The van der Waals surface area contributed by atoms with Crippen LogP contribution in [0.3, 0.4) is 0 Å². The second-order valence-electron chi connectivity index (χ2n) is 6.57. The summed E-state index contributed by atoms with van der Waals surface area (Å²) in [7, 11) is 0. The van der Waals surface area contributed by atoms with Crippen molar-refractivity contribution in [2.45, 2.75) is 33.1 Å². The van der Waals surface area contributed by atoms with Crippen molar-refractivity contribution in [2.24, 2.45) is 5.41 Å². The lowest BCUT2D eigenvalue weighted by Gasteiger charge is -2.39. The molecule has 0 spiro atoms. The highest BCUT2D eigenvalue weighted by molar-refractivity contribution is 5.58. The van der Waals surface area contributed by atoms with Gasteiger partial charge in [-0.1, -0.05) is 19.9 Å². The van der Waals surface area contributed by atoms with Gasteiger partial charge in [-0.15, -0.1) is 0 Å². The molecule has 1 atom stereocenters. The van der Waals surface area contributed by atoms with Crippen LogP contribution < -0.4 is 10.1 Å². The highest BCUT2D eigenvalue weighted by atomic mass is 16.5. The molecule has 1 N–H and O–H groups in total. The topological polar surface area (TPSA) is 24.5 Å². The maximum absolute atomic E-state index is 6.10. The molecule has 1 unspecified atom stereocenters. The average Bonchev–Trinajstić information content (AvgIpc) is 2.93. The summed E-state index contributed by atoms with van der Waals surface area (Å²) in [6.07, 6.45) is 3.70. The second kappa shape index (κ2) is 5.65. The zero-order valence-electron chi connectivity index (χ0n) is 12.7. The van der Waals surface area contributed by atoms with Crippen LogP contribution in [0.1, 0.15) is 32.3 Å². The minimum absolute atomic E-state index is 0.292. The molecule has 1 fully saturated rings. The molecule has 3 nitrogen and oxygen atoms in total. The molecule has 2 aliphatic heterocycles. The second-order valence-corrected chi connectivity index (χ2v) is 6.57. The number of ether oxygens (including phenoxy) is 1. The van der Waals surface area contributed by atoms with Gasteiger partial charge in [-0.05, 0) is 44.0 Å². The van der Waals surface area contributed by atoms with E-state index >= 15 is 0 Å². The SMILES string of the molecule is CCN1CCCC(C)(COc2ccc3c(c2)NCC3)C1. The van der Waals surface area contributed by atoms with Gasteiger partial charge in [0.05, 0.1) is 6.61 Å². The summed E-state index contributed by atoms with van der Waals surface area (Å²) in [6, 6.07) is 6.48. The number of rotatable bonds is 4. The molecular formula is C17H26N2O. The normalized spacial score (nSPS) is 26.1. The molecule has 2 heterocycles. The monoisotopic (exact) mass is 274 g/mol. The number of nitrogens with zero attached hydrogens (tertiary/aromatic N) is 1. The molecule has 2 aliphatic rings. The lowest BCUT2D eigenvalue weighted by molar-refractivity contribution is 0.0593. The van der Waals surface area contributed by atoms with E-state index in [9.17, 15) is 0 Å². The van der Waals surface area contributed by atoms with Gasteiger partial charge < -0.3 is 15.0 Å². The smallest absolute Gasteiger partial charge is 0.121 e. The largest absolute Gasteiger partial charge is 0.493 e. The van der Waals surface area contributed by atoms with Crippen LogP contribution in [-0.2, 0) is 6.42 Å². The molecule has 0 aromatic heterocycles. The van der Waals surface area contributed by atoms with Gasteiger partial charge in [0.25, 0.3) is 0 Å². The van der Waals surface area contributed by atoms with Gasteiger partial charge in [-0.3, -0.25) is 0 Å². The van der Waals surface area contributed by atoms with E-state index in [4.69, 9.17) is 4.74 Å². The average molecular weight is 274 g/mol. The van der Waals surface area contributed by atoms with Gasteiger partial charge in [0.15, 0.2) is 0 Å². The van der Waals surface area contributed by atoms with Gasteiger partial charge in [0, 0.05) is 30.3 Å². The lowest BCUT2D eigenvalue weighted by atomic mass is 9.83. The van der Waals surface area contributed by atoms with E-state index in [0.717, 1.165) is 38.4 Å². The summed E-state index contributed by atoms with van der Waals surface area (Å²) in [4.78, 5) is 2.54. The van der Waals surface area contributed by atoms with Gasteiger partial charge in [0.2, 0.25) is 0 Å². The van der Waals surface area contributed by atoms with Crippen molar-refractivity contribution in [3.05, 3.63) is 23.8 Å².